The molecule has 1 amide bonds. The number of amides is 1. The number of likely N-dealkylation sites (N-methyl/N-ethyl adjacent to an activating group) is 1. The summed E-state index contributed by atoms with van der Waals surface area (Å²) in [5, 5.41) is 5.51. The number of anilines is 1. The molecule has 1 atom stereocenters. The van der Waals surface area contributed by atoms with Crippen molar-refractivity contribution >= 4 is 22.4 Å². The second-order valence-corrected chi connectivity index (χ2v) is 6.55. The predicted molar refractivity (Wildman–Crippen MR) is 94.3 cm³/mol. The molecule has 0 aliphatic rings. The van der Waals surface area contributed by atoms with E-state index in [1.165, 1.54) is 10.8 Å². The Labute approximate surface area is 133 Å². The second kappa shape index (κ2) is 6.39. The summed E-state index contributed by atoms with van der Waals surface area (Å²) in [7, 11) is 1.97. The minimum atomic E-state index is -0.216. The van der Waals surface area contributed by atoms with E-state index in [-0.39, 0.29) is 17.5 Å². The predicted octanol–water partition coefficient (Wildman–Crippen LogP) is 3.97. The highest BCUT2D eigenvalue weighted by Crippen LogP contribution is 2.23. The molecule has 118 valence electrons. The first-order valence-corrected chi connectivity index (χ1v) is 7.88. The highest BCUT2D eigenvalue weighted by molar-refractivity contribution is 5.89. The molecule has 1 unspecified atom stereocenters. The molecule has 2 aromatic rings. The van der Waals surface area contributed by atoms with Gasteiger partial charge in [0.2, 0.25) is 5.91 Å². The Kier molecular flexibility index (Phi) is 4.74. The highest BCUT2D eigenvalue weighted by Gasteiger charge is 2.24. The number of fused-ring (bicyclic) bond motifs is 1. The summed E-state index contributed by atoms with van der Waals surface area (Å²) in [5.74, 6) is 0.0579. The monoisotopic (exact) mass is 298 g/mol. The van der Waals surface area contributed by atoms with Gasteiger partial charge in [0.15, 0.2) is 0 Å². The van der Waals surface area contributed by atoms with Crippen molar-refractivity contribution in [2.75, 3.05) is 11.9 Å². The number of benzene rings is 2. The van der Waals surface area contributed by atoms with Crippen molar-refractivity contribution in [1.82, 2.24) is 5.32 Å². The average Bonchev–Trinajstić information content (AvgIpc) is 2.52. The van der Waals surface area contributed by atoms with Gasteiger partial charge in [0, 0.05) is 18.3 Å². The van der Waals surface area contributed by atoms with Crippen LogP contribution in [-0.4, -0.2) is 24.5 Å². The van der Waals surface area contributed by atoms with E-state index >= 15 is 0 Å². The zero-order valence-corrected chi connectivity index (χ0v) is 14.2. The normalized spacial score (nSPS) is 13.0. The molecule has 0 aliphatic carbocycles. The Balaban J connectivity index is 2.18. The molecule has 0 saturated heterocycles. The summed E-state index contributed by atoms with van der Waals surface area (Å²) >= 11 is 0. The van der Waals surface area contributed by atoms with Crippen molar-refractivity contribution in [2.45, 2.75) is 45.7 Å². The molecule has 0 fully saturated rings. The molecule has 3 heteroatoms. The molecule has 2 aromatic carbocycles. The van der Waals surface area contributed by atoms with Crippen molar-refractivity contribution in [3.8, 4) is 0 Å². The van der Waals surface area contributed by atoms with E-state index in [9.17, 15) is 4.79 Å². The van der Waals surface area contributed by atoms with Crippen molar-refractivity contribution in [3.63, 3.8) is 0 Å². The zero-order valence-electron chi connectivity index (χ0n) is 14.2. The molecular weight excluding hydrogens is 272 g/mol. The fraction of sp³-hybridized carbons (Fsp3) is 0.421. The van der Waals surface area contributed by atoms with E-state index in [0.29, 0.717) is 0 Å². The maximum absolute atomic E-state index is 12.4. The average molecular weight is 298 g/mol. The van der Waals surface area contributed by atoms with Crippen LogP contribution in [0.2, 0.25) is 0 Å². The van der Waals surface area contributed by atoms with Gasteiger partial charge in [-0.2, -0.15) is 0 Å². The maximum atomic E-state index is 12.4. The van der Waals surface area contributed by atoms with Gasteiger partial charge < -0.3 is 10.2 Å². The van der Waals surface area contributed by atoms with Crippen LogP contribution >= 0.6 is 0 Å². The fourth-order valence-electron chi connectivity index (χ4n) is 2.32. The van der Waals surface area contributed by atoms with E-state index < -0.39 is 0 Å². The summed E-state index contributed by atoms with van der Waals surface area (Å²) in [6.07, 6.45) is 0.908. The van der Waals surface area contributed by atoms with Crippen molar-refractivity contribution in [2.24, 2.45) is 0 Å². The SMILES string of the molecule is CCC(C)(C)NC(=O)C(C)N(C)c1ccc2ccccc2c1. The van der Waals surface area contributed by atoms with E-state index in [4.69, 9.17) is 0 Å². The zero-order chi connectivity index (χ0) is 16.3. The molecule has 3 nitrogen and oxygen atoms in total. The lowest BCUT2D eigenvalue weighted by Crippen LogP contribution is -2.51. The molecule has 0 aromatic heterocycles. The summed E-state index contributed by atoms with van der Waals surface area (Å²) in [5.41, 5.74) is 0.880. The van der Waals surface area contributed by atoms with Gasteiger partial charge in [-0.25, -0.2) is 0 Å². The van der Waals surface area contributed by atoms with Gasteiger partial charge in [-0.1, -0.05) is 37.3 Å². The lowest BCUT2D eigenvalue weighted by atomic mass is 10.0. The van der Waals surface area contributed by atoms with Crippen molar-refractivity contribution in [3.05, 3.63) is 42.5 Å². The molecule has 0 saturated carbocycles. The molecule has 2 rings (SSSR count). The van der Waals surface area contributed by atoms with Crippen LogP contribution in [0, 0.1) is 0 Å². The minimum Gasteiger partial charge on any atom is -0.363 e. The third-order valence-electron chi connectivity index (χ3n) is 4.45. The Morgan fingerprint density at radius 2 is 1.82 bits per heavy atom. The first-order chi connectivity index (χ1) is 10.3. The smallest absolute Gasteiger partial charge is 0.242 e. The van der Waals surface area contributed by atoms with E-state index in [1.54, 1.807) is 0 Å². The summed E-state index contributed by atoms with van der Waals surface area (Å²) < 4.78 is 0. The molecule has 1 N–H and O–H groups in total. The number of carbonyl (C=O) groups is 1. The largest absolute Gasteiger partial charge is 0.363 e. The number of hydrogen-bond donors (Lipinski definition) is 1. The number of hydrogen-bond acceptors (Lipinski definition) is 2. The van der Waals surface area contributed by atoms with Crippen LogP contribution in [0.4, 0.5) is 5.69 Å². The van der Waals surface area contributed by atoms with Crippen molar-refractivity contribution < 1.29 is 4.79 Å². The van der Waals surface area contributed by atoms with Gasteiger partial charge in [-0.15, -0.1) is 0 Å². The standard InChI is InChI=1S/C19H26N2O/c1-6-19(3,4)20-18(22)14(2)21(5)17-12-11-15-9-7-8-10-16(15)13-17/h7-14H,6H2,1-5H3,(H,20,22). The van der Waals surface area contributed by atoms with Gasteiger partial charge in [0.1, 0.15) is 6.04 Å². The Morgan fingerprint density at radius 3 is 2.45 bits per heavy atom. The van der Waals surface area contributed by atoms with Crippen LogP contribution in [-0.2, 0) is 4.79 Å². The third-order valence-corrected chi connectivity index (χ3v) is 4.45. The summed E-state index contributed by atoms with van der Waals surface area (Å²) in [6, 6.07) is 14.3. The number of nitrogens with one attached hydrogen (secondary N) is 1. The van der Waals surface area contributed by atoms with Gasteiger partial charge in [-0.3, -0.25) is 4.79 Å². The minimum absolute atomic E-state index is 0.0579. The molecule has 0 aliphatic heterocycles. The van der Waals surface area contributed by atoms with E-state index in [1.807, 2.05) is 44.9 Å². The lowest BCUT2D eigenvalue weighted by molar-refractivity contribution is -0.123. The first-order valence-electron chi connectivity index (χ1n) is 7.88. The van der Waals surface area contributed by atoms with Crippen molar-refractivity contribution in [1.29, 1.82) is 0 Å². The van der Waals surface area contributed by atoms with E-state index in [0.717, 1.165) is 12.1 Å². The van der Waals surface area contributed by atoms with Crippen LogP contribution in [0.5, 0.6) is 0 Å². The summed E-state index contributed by atoms with van der Waals surface area (Å²) in [4.78, 5) is 14.5. The summed E-state index contributed by atoms with van der Waals surface area (Å²) in [6.45, 7) is 8.12. The number of rotatable bonds is 5. The van der Waals surface area contributed by atoms with Crippen LogP contribution in [0.3, 0.4) is 0 Å². The van der Waals surface area contributed by atoms with E-state index in [2.05, 4.69) is 42.6 Å². The fourth-order valence-corrected chi connectivity index (χ4v) is 2.32. The molecule has 0 radical (unpaired) electrons. The number of carbonyl (C=O) groups excluding carboxylic acids is 1. The van der Waals surface area contributed by atoms with Crippen LogP contribution in [0.15, 0.2) is 42.5 Å². The molecule has 22 heavy (non-hydrogen) atoms. The molecular formula is C19H26N2O. The van der Waals surface area contributed by atoms with Gasteiger partial charge in [0.25, 0.3) is 0 Å². The Bertz CT molecular complexity index is 663. The topological polar surface area (TPSA) is 32.3 Å². The van der Waals surface area contributed by atoms with Crippen LogP contribution in [0.25, 0.3) is 10.8 Å². The molecule has 0 heterocycles. The van der Waals surface area contributed by atoms with Crippen LogP contribution < -0.4 is 10.2 Å². The van der Waals surface area contributed by atoms with Crippen LogP contribution in [0.1, 0.15) is 34.1 Å². The quantitative estimate of drug-likeness (QED) is 0.906. The third kappa shape index (κ3) is 3.59. The molecule has 0 spiro atoms. The first kappa shape index (κ1) is 16.3. The number of nitrogens with zero attached hydrogens (tertiary/aromatic N) is 1. The second-order valence-electron chi connectivity index (χ2n) is 6.55. The van der Waals surface area contributed by atoms with Gasteiger partial charge in [-0.05, 0) is 50.1 Å². The lowest BCUT2D eigenvalue weighted by Gasteiger charge is -2.31. The molecule has 0 bridgehead atoms. The maximum Gasteiger partial charge on any atom is 0.242 e. The van der Waals surface area contributed by atoms with Gasteiger partial charge in [0.05, 0.1) is 0 Å². The highest BCUT2D eigenvalue weighted by atomic mass is 16.2. The Hall–Kier alpha value is -2.03. The van der Waals surface area contributed by atoms with Gasteiger partial charge >= 0.3 is 0 Å². The Morgan fingerprint density at radius 1 is 1.18 bits per heavy atom.